The van der Waals surface area contributed by atoms with Crippen molar-refractivity contribution >= 4 is 0 Å². The summed E-state index contributed by atoms with van der Waals surface area (Å²) >= 11 is 0. The van der Waals surface area contributed by atoms with E-state index in [1.165, 1.54) is 0 Å². The minimum Gasteiger partial charge on any atom is -0.504 e. The van der Waals surface area contributed by atoms with Gasteiger partial charge in [0, 0.05) is 12.1 Å². The zero-order valence-electron chi connectivity index (χ0n) is 8.08. The first-order valence-electron chi connectivity index (χ1n) is 4.16. The molecule has 0 heterocycles. The van der Waals surface area contributed by atoms with Gasteiger partial charge in [0.1, 0.15) is 0 Å². The van der Waals surface area contributed by atoms with E-state index in [4.69, 9.17) is 0 Å². The van der Waals surface area contributed by atoms with E-state index in [1.807, 2.05) is 0 Å². The molecule has 0 bridgehead atoms. The number of alkyl halides is 3. The maximum absolute atomic E-state index is 12.0. The van der Waals surface area contributed by atoms with Gasteiger partial charge in [-0.1, -0.05) is 0 Å². The van der Waals surface area contributed by atoms with E-state index in [9.17, 15) is 18.3 Å². The summed E-state index contributed by atoms with van der Waals surface area (Å²) in [5.41, 5.74) is 0. The predicted octanol–water partition coefficient (Wildman–Crippen LogP) is 2.31. The Morgan fingerprint density at radius 2 is 1.25 bits per heavy atom. The van der Waals surface area contributed by atoms with Crippen molar-refractivity contribution in [1.82, 2.24) is 0 Å². The van der Waals surface area contributed by atoms with Crippen molar-refractivity contribution < 1.29 is 32.5 Å². The Morgan fingerprint density at radius 3 is 1.75 bits per heavy atom. The van der Waals surface area contributed by atoms with E-state index >= 15 is 0 Å². The van der Waals surface area contributed by atoms with E-state index in [0.29, 0.717) is 0 Å². The van der Waals surface area contributed by atoms with Crippen LogP contribution in [0.1, 0.15) is 0 Å². The minimum atomic E-state index is -1.18. The van der Waals surface area contributed by atoms with Gasteiger partial charge in [0.25, 0.3) is 0 Å². The van der Waals surface area contributed by atoms with Crippen LogP contribution in [0, 0.1) is 0 Å². The highest BCUT2D eigenvalue weighted by atomic mass is 19.1. The van der Waals surface area contributed by atoms with Crippen LogP contribution in [0.4, 0.5) is 13.2 Å². The second kappa shape index (κ2) is 5.94. The Labute approximate surface area is 89.2 Å². The fraction of sp³-hybridized carbons (Fsp3) is 0.333. The second-order valence-corrected chi connectivity index (χ2v) is 2.53. The summed E-state index contributed by atoms with van der Waals surface area (Å²) in [6.07, 6.45) is 0. The quantitative estimate of drug-likeness (QED) is 0.826. The molecule has 0 aliphatic rings. The van der Waals surface area contributed by atoms with Crippen LogP contribution in [0.25, 0.3) is 0 Å². The second-order valence-electron chi connectivity index (χ2n) is 2.53. The van der Waals surface area contributed by atoms with Gasteiger partial charge in [0.05, 0.1) is 0 Å². The van der Waals surface area contributed by atoms with E-state index in [0.717, 1.165) is 12.1 Å². The van der Waals surface area contributed by atoms with Crippen LogP contribution in [0.2, 0.25) is 0 Å². The number of phenolic OH excluding ortho intramolecular Hbond substituents is 1. The molecule has 0 radical (unpaired) electrons. The van der Waals surface area contributed by atoms with Gasteiger partial charge >= 0.3 is 0 Å². The van der Waals surface area contributed by atoms with Gasteiger partial charge < -0.3 is 19.3 Å². The molecular weight excluding hydrogens is 229 g/mol. The van der Waals surface area contributed by atoms with E-state index in [2.05, 4.69) is 14.2 Å². The molecule has 0 saturated heterocycles. The molecule has 1 N–H and O–H groups in total. The Balaban J connectivity index is 3.03. The van der Waals surface area contributed by atoms with Gasteiger partial charge in [0.15, 0.2) is 23.0 Å². The molecule has 1 aromatic carbocycles. The van der Waals surface area contributed by atoms with Gasteiger partial charge in [-0.15, -0.1) is 0 Å². The number of benzene rings is 1. The first-order valence-corrected chi connectivity index (χ1v) is 4.16. The third-order valence-corrected chi connectivity index (χ3v) is 1.66. The van der Waals surface area contributed by atoms with Crippen LogP contribution >= 0.6 is 0 Å². The van der Waals surface area contributed by atoms with E-state index in [-0.39, 0.29) is 17.2 Å². The number of rotatable bonds is 6. The lowest BCUT2D eigenvalue weighted by molar-refractivity contribution is 0.153. The molecule has 1 aromatic rings. The molecule has 16 heavy (non-hydrogen) atoms. The zero-order chi connectivity index (χ0) is 12.0. The Morgan fingerprint density at radius 1 is 0.812 bits per heavy atom. The SMILES string of the molecule is Oc1cc(OCF)c(OCF)cc1OCF. The molecule has 0 amide bonds. The smallest absolute Gasteiger partial charge is 0.228 e. The molecule has 0 saturated carbocycles. The number of ether oxygens (including phenoxy) is 3. The van der Waals surface area contributed by atoms with Crippen molar-refractivity contribution in [3.63, 3.8) is 0 Å². The molecule has 0 atom stereocenters. The predicted molar refractivity (Wildman–Crippen MR) is 47.9 cm³/mol. The number of hydrogen-bond acceptors (Lipinski definition) is 4. The Bertz CT molecular complexity index is 346. The molecular formula is C9H9F3O4. The lowest BCUT2D eigenvalue weighted by Crippen LogP contribution is -1.99. The summed E-state index contributed by atoms with van der Waals surface area (Å²) in [5, 5.41) is 9.30. The highest BCUT2D eigenvalue weighted by Gasteiger charge is 2.13. The molecule has 90 valence electrons. The van der Waals surface area contributed by atoms with Gasteiger partial charge in [-0.3, -0.25) is 0 Å². The van der Waals surface area contributed by atoms with Crippen molar-refractivity contribution in [3.05, 3.63) is 12.1 Å². The Kier molecular flexibility index (Phi) is 4.56. The average Bonchev–Trinajstić information content (AvgIpc) is 2.25. The molecule has 7 heteroatoms. The highest BCUT2D eigenvalue weighted by molar-refractivity contribution is 5.53. The largest absolute Gasteiger partial charge is 0.504 e. The van der Waals surface area contributed by atoms with Crippen molar-refractivity contribution in [2.24, 2.45) is 0 Å². The minimum absolute atomic E-state index is 0.193. The van der Waals surface area contributed by atoms with Crippen LogP contribution in [0.5, 0.6) is 23.0 Å². The molecule has 0 unspecified atom stereocenters. The summed E-state index contributed by atoms with van der Waals surface area (Å²) in [7, 11) is 0. The number of phenols is 1. The molecule has 0 spiro atoms. The van der Waals surface area contributed by atoms with E-state index < -0.39 is 26.3 Å². The number of halogens is 3. The number of aromatic hydroxyl groups is 1. The van der Waals surface area contributed by atoms with Gasteiger partial charge in [-0.05, 0) is 0 Å². The molecule has 0 aliphatic heterocycles. The molecule has 0 fully saturated rings. The first kappa shape index (κ1) is 12.3. The van der Waals surface area contributed by atoms with E-state index in [1.54, 1.807) is 0 Å². The highest BCUT2D eigenvalue weighted by Crippen LogP contribution is 2.39. The van der Waals surface area contributed by atoms with Gasteiger partial charge in [0.2, 0.25) is 20.6 Å². The molecule has 0 aliphatic carbocycles. The normalized spacial score (nSPS) is 9.94. The number of hydrogen-bond donors (Lipinski definition) is 1. The monoisotopic (exact) mass is 238 g/mol. The van der Waals surface area contributed by atoms with Crippen molar-refractivity contribution in [2.75, 3.05) is 20.6 Å². The van der Waals surface area contributed by atoms with Gasteiger partial charge in [-0.2, -0.15) is 0 Å². The fourth-order valence-electron chi connectivity index (χ4n) is 1.05. The lowest BCUT2D eigenvalue weighted by Gasteiger charge is -2.11. The first-order chi connectivity index (χ1) is 7.72. The molecule has 4 nitrogen and oxygen atoms in total. The van der Waals surface area contributed by atoms with Crippen molar-refractivity contribution in [3.8, 4) is 23.0 Å². The molecule has 1 rings (SSSR count). The lowest BCUT2D eigenvalue weighted by atomic mass is 10.2. The van der Waals surface area contributed by atoms with Gasteiger partial charge in [-0.25, -0.2) is 13.2 Å². The third-order valence-electron chi connectivity index (χ3n) is 1.66. The molecule has 0 aromatic heterocycles. The van der Waals surface area contributed by atoms with Crippen LogP contribution in [0.15, 0.2) is 12.1 Å². The maximum atomic E-state index is 12.0. The van der Waals surface area contributed by atoms with Crippen LogP contribution in [-0.2, 0) is 0 Å². The van der Waals surface area contributed by atoms with Crippen LogP contribution in [0.3, 0.4) is 0 Å². The van der Waals surface area contributed by atoms with Crippen molar-refractivity contribution in [2.45, 2.75) is 0 Å². The summed E-state index contributed by atoms with van der Waals surface area (Å²) in [4.78, 5) is 0. The van der Waals surface area contributed by atoms with Crippen molar-refractivity contribution in [1.29, 1.82) is 0 Å². The summed E-state index contributed by atoms with van der Waals surface area (Å²) < 4.78 is 49.1. The third kappa shape index (κ3) is 2.85. The Hall–Kier alpha value is -1.79. The zero-order valence-corrected chi connectivity index (χ0v) is 8.08. The maximum Gasteiger partial charge on any atom is 0.228 e. The average molecular weight is 238 g/mol. The van der Waals surface area contributed by atoms with Crippen LogP contribution < -0.4 is 14.2 Å². The summed E-state index contributed by atoms with van der Waals surface area (Å²) in [6, 6.07) is 1.94. The topological polar surface area (TPSA) is 47.9 Å². The standard InChI is InChI=1S/C9H9F3O4/c10-3-14-7-2-9(16-5-12)8(15-4-11)1-6(7)13/h1-2,13H,3-5H2. The fourth-order valence-corrected chi connectivity index (χ4v) is 1.05. The summed E-state index contributed by atoms with van der Waals surface area (Å²) in [6.45, 7) is -3.53. The summed E-state index contributed by atoms with van der Waals surface area (Å²) in [5.74, 6) is -1.12. The van der Waals surface area contributed by atoms with Crippen LogP contribution in [-0.4, -0.2) is 25.7 Å².